The normalized spacial score (nSPS) is 17.9. The molecule has 6 heteroatoms. The SMILES string of the molecule is O=S(=O)(Nc1ccc(F)nc1)C1CCCCC1. The van der Waals surface area contributed by atoms with E-state index in [-0.39, 0.29) is 5.25 Å². The number of pyridine rings is 1. The van der Waals surface area contributed by atoms with Gasteiger partial charge in [0, 0.05) is 0 Å². The van der Waals surface area contributed by atoms with E-state index < -0.39 is 16.0 Å². The van der Waals surface area contributed by atoms with Crippen molar-refractivity contribution in [2.75, 3.05) is 4.72 Å². The molecule has 1 heterocycles. The van der Waals surface area contributed by atoms with Crippen LogP contribution in [0, 0.1) is 5.95 Å². The number of hydrogen-bond donors (Lipinski definition) is 1. The van der Waals surface area contributed by atoms with E-state index in [9.17, 15) is 12.8 Å². The molecular formula is C11H15FN2O2S. The van der Waals surface area contributed by atoms with Gasteiger partial charge in [-0.2, -0.15) is 4.39 Å². The van der Waals surface area contributed by atoms with Crippen LogP contribution in [0.1, 0.15) is 32.1 Å². The second-order valence-corrected chi connectivity index (χ2v) is 6.24. The Kier molecular flexibility index (Phi) is 3.61. The third-order valence-corrected chi connectivity index (χ3v) is 4.85. The summed E-state index contributed by atoms with van der Waals surface area (Å²) in [7, 11) is -3.36. The fraction of sp³-hybridized carbons (Fsp3) is 0.545. The Labute approximate surface area is 100 Å². The van der Waals surface area contributed by atoms with Crippen LogP contribution in [0.4, 0.5) is 10.1 Å². The summed E-state index contributed by atoms with van der Waals surface area (Å²) in [6.07, 6.45) is 5.59. The van der Waals surface area contributed by atoms with Gasteiger partial charge in [-0.3, -0.25) is 4.72 Å². The third kappa shape index (κ3) is 3.15. The molecule has 0 unspecified atom stereocenters. The van der Waals surface area contributed by atoms with Gasteiger partial charge in [0.15, 0.2) is 0 Å². The average molecular weight is 258 g/mol. The molecule has 1 fully saturated rings. The topological polar surface area (TPSA) is 59.1 Å². The van der Waals surface area contributed by atoms with Gasteiger partial charge in [0.25, 0.3) is 0 Å². The zero-order chi connectivity index (χ0) is 12.3. The van der Waals surface area contributed by atoms with Crippen LogP contribution in [0.15, 0.2) is 18.3 Å². The number of rotatable bonds is 3. The van der Waals surface area contributed by atoms with Crippen molar-refractivity contribution in [3.63, 3.8) is 0 Å². The van der Waals surface area contributed by atoms with Gasteiger partial charge in [0.1, 0.15) is 0 Å². The van der Waals surface area contributed by atoms with Crippen LogP contribution in [-0.2, 0) is 10.0 Å². The van der Waals surface area contributed by atoms with Crippen molar-refractivity contribution in [1.29, 1.82) is 0 Å². The summed E-state index contributed by atoms with van der Waals surface area (Å²) in [4.78, 5) is 3.41. The molecule has 1 aromatic rings. The first-order valence-corrected chi connectivity index (χ1v) is 7.26. The van der Waals surface area contributed by atoms with E-state index in [1.165, 1.54) is 12.3 Å². The van der Waals surface area contributed by atoms with Gasteiger partial charge in [0.2, 0.25) is 16.0 Å². The number of sulfonamides is 1. The molecule has 17 heavy (non-hydrogen) atoms. The molecule has 0 spiro atoms. The van der Waals surface area contributed by atoms with Gasteiger partial charge in [-0.15, -0.1) is 0 Å². The Balaban J connectivity index is 2.08. The Morgan fingerprint density at radius 1 is 1.24 bits per heavy atom. The molecule has 1 aliphatic carbocycles. The lowest BCUT2D eigenvalue weighted by Gasteiger charge is -2.22. The van der Waals surface area contributed by atoms with Crippen molar-refractivity contribution in [1.82, 2.24) is 4.98 Å². The van der Waals surface area contributed by atoms with Crippen LogP contribution in [-0.4, -0.2) is 18.7 Å². The zero-order valence-electron chi connectivity index (χ0n) is 9.39. The fourth-order valence-electron chi connectivity index (χ4n) is 2.06. The van der Waals surface area contributed by atoms with Crippen LogP contribution in [0.2, 0.25) is 0 Å². The summed E-state index contributed by atoms with van der Waals surface area (Å²) in [6, 6.07) is 2.52. The van der Waals surface area contributed by atoms with Gasteiger partial charge in [-0.05, 0) is 25.0 Å². The predicted molar refractivity (Wildman–Crippen MR) is 63.6 cm³/mol. The van der Waals surface area contributed by atoms with E-state index in [0.717, 1.165) is 25.3 Å². The second-order valence-electron chi connectivity index (χ2n) is 4.28. The van der Waals surface area contributed by atoms with Crippen molar-refractivity contribution in [3.8, 4) is 0 Å². The predicted octanol–water partition coefficient (Wildman–Crippen LogP) is 2.30. The quantitative estimate of drug-likeness (QED) is 0.846. The second kappa shape index (κ2) is 5.00. The Morgan fingerprint density at radius 3 is 2.53 bits per heavy atom. The van der Waals surface area contributed by atoms with Crippen molar-refractivity contribution < 1.29 is 12.8 Å². The minimum Gasteiger partial charge on any atom is -0.282 e. The van der Waals surface area contributed by atoms with Gasteiger partial charge in [-0.1, -0.05) is 19.3 Å². The number of anilines is 1. The van der Waals surface area contributed by atoms with E-state index in [1.807, 2.05) is 0 Å². The number of nitrogens with zero attached hydrogens (tertiary/aromatic N) is 1. The Morgan fingerprint density at radius 2 is 1.94 bits per heavy atom. The van der Waals surface area contributed by atoms with Gasteiger partial charge < -0.3 is 0 Å². The lowest BCUT2D eigenvalue weighted by Crippen LogP contribution is -2.29. The van der Waals surface area contributed by atoms with Crippen LogP contribution in [0.25, 0.3) is 0 Å². The minimum atomic E-state index is -3.36. The third-order valence-electron chi connectivity index (χ3n) is 2.98. The Bertz CT molecular complexity index is 467. The molecule has 1 aliphatic rings. The molecule has 0 aromatic carbocycles. The van der Waals surface area contributed by atoms with E-state index in [4.69, 9.17) is 0 Å². The smallest absolute Gasteiger partial charge is 0.235 e. The molecule has 0 atom stereocenters. The highest BCUT2D eigenvalue weighted by molar-refractivity contribution is 7.93. The average Bonchev–Trinajstić information content (AvgIpc) is 2.33. The van der Waals surface area contributed by atoms with Crippen molar-refractivity contribution >= 4 is 15.7 Å². The molecule has 1 aromatic heterocycles. The molecule has 4 nitrogen and oxygen atoms in total. The molecule has 1 saturated carbocycles. The maximum absolute atomic E-state index is 12.6. The first kappa shape index (κ1) is 12.3. The van der Waals surface area contributed by atoms with E-state index in [0.29, 0.717) is 18.5 Å². The zero-order valence-corrected chi connectivity index (χ0v) is 10.2. The minimum absolute atomic E-state index is 0.317. The molecular weight excluding hydrogens is 243 g/mol. The maximum Gasteiger partial charge on any atom is 0.235 e. The van der Waals surface area contributed by atoms with E-state index in [2.05, 4.69) is 9.71 Å². The number of halogens is 1. The van der Waals surface area contributed by atoms with Crippen LogP contribution >= 0.6 is 0 Å². The summed E-state index contributed by atoms with van der Waals surface area (Å²) in [5.74, 6) is -0.620. The van der Waals surface area contributed by atoms with E-state index in [1.54, 1.807) is 0 Å². The highest BCUT2D eigenvalue weighted by Crippen LogP contribution is 2.24. The standard InChI is InChI=1S/C11H15FN2O2S/c12-11-7-6-9(8-13-11)14-17(15,16)10-4-2-1-3-5-10/h6-8,10,14H,1-5H2. The summed E-state index contributed by atoms with van der Waals surface area (Å²) < 4.78 is 39.1. The molecule has 2 rings (SSSR count). The van der Waals surface area contributed by atoms with Crippen LogP contribution < -0.4 is 4.72 Å². The molecule has 0 bridgehead atoms. The van der Waals surface area contributed by atoms with Gasteiger partial charge in [-0.25, -0.2) is 13.4 Å². The number of aromatic nitrogens is 1. The highest BCUT2D eigenvalue weighted by atomic mass is 32.2. The van der Waals surface area contributed by atoms with Gasteiger partial charge >= 0.3 is 0 Å². The largest absolute Gasteiger partial charge is 0.282 e. The molecule has 94 valence electrons. The summed E-state index contributed by atoms with van der Waals surface area (Å²) in [5, 5.41) is -0.332. The lowest BCUT2D eigenvalue weighted by atomic mass is 10.0. The molecule has 0 aliphatic heterocycles. The maximum atomic E-state index is 12.6. The van der Waals surface area contributed by atoms with E-state index >= 15 is 0 Å². The summed E-state index contributed by atoms with van der Waals surface area (Å²) in [6.45, 7) is 0. The lowest BCUT2D eigenvalue weighted by molar-refractivity contribution is 0.486. The first-order chi connectivity index (χ1) is 8.08. The van der Waals surface area contributed by atoms with Crippen molar-refractivity contribution in [2.24, 2.45) is 0 Å². The van der Waals surface area contributed by atoms with Crippen LogP contribution in [0.3, 0.4) is 0 Å². The first-order valence-electron chi connectivity index (χ1n) is 5.71. The molecule has 0 saturated heterocycles. The highest BCUT2D eigenvalue weighted by Gasteiger charge is 2.27. The Hall–Kier alpha value is -1.17. The van der Waals surface area contributed by atoms with Crippen LogP contribution in [0.5, 0.6) is 0 Å². The summed E-state index contributed by atoms with van der Waals surface area (Å²) >= 11 is 0. The fourth-order valence-corrected chi connectivity index (χ4v) is 3.63. The monoisotopic (exact) mass is 258 g/mol. The van der Waals surface area contributed by atoms with Gasteiger partial charge in [0.05, 0.1) is 17.1 Å². The number of hydrogen-bond acceptors (Lipinski definition) is 3. The number of nitrogens with one attached hydrogen (secondary N) is 1. The molecule has 0 amide bonds. The molecule has 1 N–H and O–H groups in total. The summed E-state index contributed by atoms with van der Waals surface area (Å²) in [5.41, 5.74) is 0.317. The molecule has 0 radical (unpaired) electrons. The van der Waals surface area contributed by atoms with Crippen molar-refractivity contribution in [3.05, 3.63) is 24.3 Å². The van der Waals surface area contributed by atoms with Crippen molar-refractivity contribution in [2.45, 2.75) is 37.4 Å².